The molecule has 3 heterocycles. The summed E-state index contributed by atoms with van der Waals surface area (Å²) in [6.45, 7) is 8.09. The number of anilines is 2. The van der Waals surface area contributed by atoms with Gasteiger partial charge < -0.3 is 15.1 Å². The number of hydrogen-bond acceptors (Lipinski definition) is 6. The van der Waals surface area contributed by atoms with Gasteiger partial charge in [-0.3, -0.25) is 14.7 Å². The largest absolute Gasteiger partial charge is 0.446 e. The summed E-state index contributed by atoms with van der Waals surface area (Å²) in [4.78, 5) is 23.8. The van der Waals surface area contributed by atoms with E-state index in [1.807, 2.05) is 24.1 Å². The molecule has 0 spiro atoms. The zero-order chi connectivity index (χ0) is 26.4. The summed E-state index contributed by atoms with van der Waals surface area (Å²) >= 11 is 5.72. The standard InChI is InChI=1S/C26H33ClF3N5OS.CH4/c1-19-4-6-22(18-31-19)34-15-13-33(14-16-34)10-2-3-25(36)35-11-8-20(9-12-35)32-21-5-7-23(27)24(17-21)37-26(28,29)30;/h4-7,17-18,20,32H,2-3,8-16H2,1H3;1H4. The topological polar surface area (TPSA) is 51.7 Å². The van der Waals surface area contributed by atoms with Crippen LogP contribution >= 0.6 is 23.4 Å². The van der Waals surface area contributed by atoms with Crippen LogP contribution in [0.5, 0.6) is 0 Å². The molecule has 11 heteroatoms. The Bertz CT molecular complexity index is 1040. The summed E-state index contributed by atoms with van der Waals surface area (Å²) in [5, 5.41) is 3.39. The van der Waals surface area contributed by atoms with E-state index in [-0.39, 0.29) is 41.1 Å². The number of hydrogen-bond donors (Lipinski definition) is 1. The van der Waals surface area contributed by atoms with Crippen molar-refractivity contribution >= 4 is 40.6 Å². The van der Waals surface area contributed by atoms with E-state index in [0.717, 1.165) is 63.4 Å². The molecule has 2 saturated heterocycles. The molecular formula is C27H37ClF3N5OS. The number of carbonyl (C=O) groups excluding carboxylic acids is 1. The van der Waals surface area contributed by atoms with Crippen molar-refractivity contribution in [3.63, 3.8) is 0 Å². The molecule has 1 aromatic heterocycles. The number of piperazine rings is 1. The Morgan fingerprint density at radius 3 is 2.45 bits per heavy atom. The van der Waals surface area contributed by atoms with Crippen molar-refractivity contribution in [2.75, 3.05) is 56.0 Å². The third-order valence-corrected chi connectivity index (χ3v) is 8.10. The minimum absolute atomic E-state index is 0. The zero-order valence-corrected chi connectivity index (χ0v) is 22.5. The van der Waals surface area contributed by atoms with Gasteiger partial charge in [0.2, 0.25) is 5.91 Å². The molecule has 2 aromatic rings. The number of thioether (sulfide) groups is 1. The first-order chi connectivity index (χ1) is 17.7. The van der Waals surface area contributed by atoms with Crippen LogP contribution in [0.25, 0.3) is 0 Å². The number of halogens is 4. The smallest absolute Gasteiger partial charge is 0.382 e. The summed E-state index contributed by atoms with van der Waals surface area (Å²) in [5.74, 6) is 0.179. The molecular weight excluding hydrogens is 535 g/mol. The van der Waals surface area contributed by atoms with E-state index in [4.69, 9.17) is 11.6 Å². The van der Waals surface area contributed by atoms with Gasteiger partial charge >= 0.3 is 5.51 Å². The molecule has 0 aliphatic carbocycles. The number of pyridine rings is 1. The molecule has 0 bridgehead atoms. The molecule has 2 aliphatic heterocycles. The SMILES string of the molecule is C.Cc1ccc(N2CCN(CCCC(=O)N3CCC(Nc4ccc(Cl)c(SC(F)(F)F)c4)CC3)CC2)cn1. The highest BCUT2D eigenvalue weighted by atomic mass is 35.5. The number of piperidine rings is 1. The second-order valence-corrected chi connectivity index (χ2v) is 11.1. The summed E-state index contributed by atoms with van der Waals surface area (Å²) < 4.78 is 38.3. The molecule has 1 aromatic carbocycles. The zero-order valence-electron chi connectivity index (χ0n) is 20.9. The quantitative estimate of drug-likeness (QED) is 0.376. The Labute approximate surface area is 232 Å². The van der Waals surface area contributed by atoms with E-state index in [1.54, 1.807) is 6.07 Å². The highest BCUT2D eigenvalue weighted by Crippen LogP contribution is 2.41. The van der Waals surface area contributed by atoms with Gasteiger partial charge in [-0.2, -0.15) is 13.2 Å². The van der Waals surface area contributed by atoms with Crippen molar-refractivity contribution in [1.82, 2.24) is 14.8 Å². The number of aromatic nitrogens is 1. The normalized spacial score (nSPS) is 17.3. The van der Waals surface area contributed by atoms with Gasteiger partial charge in [0.15, 0.2) is 0 Å². The minimum atomic E-state index is -4.39. The van der Waals surface area contributed by atoms with Gasteiger partial charge in [0, 0.05) is 68.0 Å². The van der Waals surface area contributed by atoms with E-state index in [2.05, 4.69) is 26.2 Å². The van der Waals surface area contributed by atoms with Crippen LogP contribution in [0.4, 0.5) is 24.5 Å². The molecule has 0 radical (unpaired) electrons. The summed E-state index contributed by atoms with van der Waals surface area (Å²) in [5.41, 5.74) is -1.59. The molecule has 38 heavy (non-hydrogen) atoms. The minimum Gasteiger partial charge on any atom is -0.382 e. The Hall–Kier alpha value is -2.17. The average Bonchev–Trinajstić information content (AvgIpc) is 2.86. The fourth-order valence-corrected chi connectivity index (χ4v) is 5.63. The number of carbonyl (C=O) groups is 1. The van der Waals surface area contributed by atoms with Crippen LogP contribution in [0.3, 0.4) is 0 Å². The van der Waals surface area contributed by atoms with E-state index in [1.165, 1.54) is 12.1 Å². The summed E-state index contributed by atoms with van der Waals surface area (Å²) in [6.07, 6.45) is 4.82. The van der Waals surface area contributed by atoms with Gasteiger partial charge in [-0.05, 0) is 74.8 Å². The highest BCUT2D eigenvalue weighted by molar-refractivity contribution is 8.00. The molecule has 1 N–H and O–H groups in total. The van der Waals surface area contributed by atoms with Crippen molar-refractivity contribution in [3.05, 3.63) is 47.2 Å². The molecule has 2 aliphatic rings. The van der Waals surface area contributed by atoms with Crippen LogP contribution in [0.2, 0.25) is 5.02 Å². The molecule has 0 unspecified atom stereocenters. The molecule has 0 atom stereocenters. The lowest BCUT2D eigenvalue weighted by Crippen LogP contribution is -2.47. The Morgan fingerprint density at radius 1 is 1.11 bits per heavy atom. The van der Waals surface area contributed by atoms with Crippen LogP contribution in [-0.4, -0.2) is 78.1 Å². The van der Waals surface area contributed by atoms with E-state index >= 15 is 0 Å². The number of benzene rings is 1. The first-order valence-electron chi connectivity index (χ1n) is 12.7. The first kappa shape index (κ1) is 30.4. The van der Waals surface area contributed by atoms with Gasteiger partial charge in [0.25, 0.3) is 0 Å². The Kier molecular flexibility index (Phi) is 11.0. The van der Waals surface area contributed by atoms with Crippen LogP contribution in [0.1, 0.15) is 38.8 Å². The highest BCUT2D eigenvalue weighted by Gasteiger charge is 2.30. The van der Waals surface area contributed by atoms with Crippen LogP contribution in [-0.2, 0) is 4.79 Å². The fourth-order valence-electron chi connectivity index (χ4n) is 4.79. The number of nitrogens with zero attached hydrogens (tertiary/aromatic N) is 4. The summed E-state index contributed by atoms with van der Waals surface area (Å²) in [6, 6.07) is 8.88. The molecule has 4 rings (SSSR count). The van der Waals surface area contributed by atoms with E-state index in [0.29, 0.717) is 25.2 Å². The molecule has 6 nitrogen and oxygen atoms in total. The lowest BCUT2D eigenvalue weighted by atomic mass is 10.0. The maximum Gasteiger partial charge on any atom is 0.446 e. The number of rotatable bonds is 8. The van der Waals surface area contributed by atoms with Crippen LogP contribution < -0.4 is 10.2 Å². The predicted octanol–water partition coefficient (Wildman–Crippen LogP) is 6.30. The summed E-state index contributed by atoms with van der Waals surface area (Å²) in [7, 11) is 0. The van der Waals surface area contributed by atoms with Gasteiger partial charge in [-0.1, -0.05) is 19.0 Å². The maximum absolute atomic E-state index is 12.8. The average molecular weight is 572 g/mol. The van der Waals surface area contributed by atoms with Gasteiger partial charge in [0.05, 0.1) is 16.9 Å². The maximum atomic E-state index is 12.8. The third-order valence-electron chi connectivity index (χ3n) is 6.87. The van der Waals surface area contributed by atoms with Crippen molar-refractivity contribution in [3.8, 4) is 0 Å². The number of amides is 1. The lowest BCUT2D eigenvalue weighted by molar-refractivity contribution is -0.132. The van der Waals surface area contributed by atoms with E-state index < -0.39 is 5.51 Å². The van der Waals surface area contributed by atoms with Crippen LogP contribution in [0, 0.1) is 6.92 Å². The fraction of sp³-hybridized carbons (Fsp3) is 0.556. The third kappa shape index (κ3) is 8.95. The number of likely N-dealkylation sites (tertiary alicyclic amines) is 1. The van der Waals surface area contributed by atoms with Crippen molar-refractivity contribution in [2.24, 2.45) is 0 Å². The van der Waals surface area contributed by atoms with Crippen molar-refractivity contribution in [2.45, 2.75) is 56.5 Å². The monoisotopic (exact) mass is 571 g/mol. The molecule has 1 amide bonds. The van der Waals surface area contributed by atoms with Crippen molar-refractivity contribution in [1.29, 1.82) is 0 Å². The van der Waals surface area contributed by atoms with Gasteiger partial charge in [-0.15, -0.1) is 0 Å². The second-order valence-electron chi connectivity index (χ2n) is 9.58. The van der Waals surface area contributed by atoms with Gasteiger partial charge in [0.1, 0.15) is 0 Å². The Balaban J connectivity index is 0.00000400. The van der Waals surface area contributed by atoms with Crippen LogP contribution in [0.15, 0.2) is 41.4 Å². The molecule has 2 fully saturated rings. The van der Waals surface area contributed by atoms with Crippen molar-refractivity contribution < 1.29 is 18.0 Å². The Morgan fingerprint density at radius 2 is 1.82 bits per heavy atom. The number of alkyl halides is 3. The second kappa shape index (κ2) is 13.8. The molecule has 210 valence electrons. The lowest BCUT2D eigenvalue weighted by Gasteiger charge is -2.36. The molecule has 0 saturated carbocycles. The predicted molar refractivity (Wildman–Crippen MR) is 150 cm³/mol. The first-order valence-corrected chi connectivity index (χ1v) is 13.9. The number of aryl methyl sites for hydroxylation is 1. The number of nitrogens with one attached hydrogen (secondary N) is 1. The van der Waals surface area contributed by atoms with Gasteiger partial charge in [-0.25, -0.2) is 0 Å². The van der Waals surface area contributed by atoms with E-state index in [9.17, 15) is 18.0 Å².